The number of aliphatic hydroxyl groups is 1. The van der Waals surface area contributed by atoms with Crippen LogP contribution in [0.1, 0.15) is 11.3 Å². The molecule has 0 bridgehead atoms. The van der Waals surface area contributed by atoms with Crippen molar-refractivity contribution in [3.8, 4) is 5.69 Å². The smallest absolute Gasteiger partial charge is 0.277 e. The van der Waals surface area contributed by atoms with Crippen LogP contribution in [0, 0.1) is 6.92 Å². The molecule has 0 spiro atoms. The van der Waals surface area contributed by atoms with Crippen LogP contribution < -0.4 is 5.56 Å². The summed E-state index contributed by atoms with van der Waals surface area (Å²) < 4.78 is 2.24. The number of aromatic nitrogens is 2. The lowest BCUT2D eigenvalue weighted by molar-refractivity contribution is 0.280. The fraction of sp³-hybridized carbons (Fsp3) is 0.182. The first-order valence-corrected chi connectivity index (χ1v) is 5.60. The first-order chi connectivity index (χ1) is 7.65. The van der Waals surface area contributed by atoms with Gasteiger partial charge in [-0.1, -0.05) is 12.1 Å². The summed E-state index contributed by atoms with van der Waals surface area (Å²) in [4.78, 5) is 11.9. The number of aromatic amines is 1. The van der Waals surface area contributed by atoms with Crippen molar-refractivity contribution in [3.05, 3.63) is 50.3 Å². The summed E-state index contributed by atoms with van der Waals surface area (Å²) in [5, 5.41) is 12.0. The largest absolute Gasteiger partial charge is 0.391 e. The van der Waals surface area contributed by atoms with Crippen LogP contribution in [-0.4, -0.2) is 14.9 Å². The zero-order valence-electron chi connectivity index (χ0n) is 8.70. The Labute approximate surface area is 101 Å². The van der Waals surface area contributed by atoms with Crippen molar-refractivity contribution in [2.75, 3.05) is 0 Å². The van der Waals surface area contributed by atoms with Gasteiger partial charge in [0, 0.05) is 10.2 Å². The lowest BCUT2D eigenvalue weighted by Crippen LogP contribution is -2.17. The molecule has 4 nitrogen and oxygen atoms in total. The molecule has 0 unspecified atom stereocenters. The zero-order chi connectivity index (χ0) is 11.7. The number of para-hydroxylation sites is 1. The van der Waals surface area contributed by atoms with Crippen LogP contribution in [0.25, 0.3) is 5.69 Å². The molecule has 1 heterocycles. The molecule has 0 saturated heterocycles. The second-order valence-corrected chi connectivity index (χ2v) is 4.32. The molecule has 1 aromatic heterocycles. The van der Waals surface area contributed by atoms with Crippen LogP contribution in [0.4, 0.5) is 0 Å². The van der Waals surface area contributed by atoms with Gasteiger partial charge in [0.25, 0.3) is 5.56 Å². The highest BCUT2D eigenvalue weighted by Gasteiger charge is 2.12. The van der Waals surface area contributed by atoms with Gasteiger partial charge in [-0.05, 0) is 35.0 Å². The van der Waals surface area contributed by atoms with E-state index in [0.717, 1.165) is 10.2 Å². The molecule has 1 aromatic carbocycles. The second kappa shape index (κ2) is 4.27. The summed E-state index contributed by atoms with van der Waals surface area (Å²) in [6.07, 6.45) is 0. The first-order valence-electron chi connectivity index (χ1n) is 4.81. The minimum absolute atomic E-state index is 0.216. The second-order valence-electron chi connectivity index (χ2n) is 3.47. The summed E-state index contributed by atoms with van der Waals surface area (Å²) in [6.45, 7) is 1.51. The lowest BCUT2D eigenvalue weighted by atomic mass is 10.3. The van der Waals surface area contributed by atoms with Crippen LogP contribution in [0.2, 0.25) is 0 Å². The number of nitrogens with one attached hydrogen (secondary N) is 1. The van der Waals surface area contributed by atoms with E-state index in [0.29, 0.717) is 11.3 Å². The minimum Gasteiger partial charge on any atom is -0.391 e. The summed E-state index contributed by atoms with van der Waals surface area (Å²) in [5.41, 5.74) is 1.60. The normalized spacial score (nSPS) is 10.7. The van der Waals surface area contributed by atoms with E-state index in [2.05, 4.69) is 21.0 Å². The average molecular weight is 283 g/mol. The number of aliphatic hydroxyl groups excluding tert-OH is 1. The molecule has 0 atom stereocenters. The molecule has 0 amide bonds. The Balaban J connectivity index is 2.67. The highest BCUT2D eigenvalue weighted by atomic mass is 79.9. The number of hydrogen-bond acceptors (Lipinski definition) is 2. The van der Waals surface area contributed by atoms with E-state index >= 15 is 0 Å². The van der Waals surface area contributed by atoms with Gasteiger partial charge in [-0.3, -0.25) is 9.89 Å². The van der Waals surface area contributed by atoms with Gasteiger partial charge in [0.15, 0.2) is 0 Å². The molecule has 0 radical (unpaired) electrons. The number of hydrogen-bond donors (Lipinski definition) is 2. The molecule has 16 heavy (non-hydrogen) atoms. The third-order valence-electron chi connectivity index (χ3n) is 2.44. The molecule has 2 rings (SSSR count). The van der Waals surface area contributed by atoms with Crippen molar-refractivity contribution in [3.63, 3.8) is 0 Å². The summed E-state index contributed by atoms with van der Waals surface area (Å²) in [7, 11) is 0. The average Bonchev–Trinajstić information content (AvgIpc) is 2.55. The molecule has 84 valence electrons. The molecular weight excluding hydrogens is 272 g/mol. The third-order valence-corrected chi connectivity index (χ3v) is 3.12. The van der Waals surface area contributed by atoms with Crippen LogP contribution in [-0.2, 0) is 6.61 Å². The maximum atomic E-state index is 11.9. The zero-order valence-corrected chi connectivity index (χ0v) is 10.3. The highest BCUT2D eigenvalue weighted by molar-refractivity contribution is 9.10. The van der Waals surface area contributed by atoms with Gasteiger partial charge in [-0.15, -0.1) is 0 Å². The minimum atomic E-state index is -0.251. The summed E-state index contributed by atoms with van der Waals surface area (Å²) >= 11 is 3.38. The van der Waals surface area contributed by atoms with Crippen LogP contribution in [0.15, 0.2) is 33.5 Å². The van der Waals surface area contributed by atoms with Gasteiger partial charge in [0.1, 0.15) is 0 Å². The molecule has 0 saturated carbocycles. The van der Waals surface area contributed by atoms with Gasteiger partial charge in [0.2, 0.25) is 0 Å². The third kappa shape index (κ3) is 1.72. The van der Waals surface area contributed by atoms with Crippen molar-refractivity contribution in [1.29, 1.82) is 0 Å². The van der Waals surface area contributed by atoms with Crippen molar-refractivity contribution in [2.24, 2.45) is 0 Å². The van der Waals surface area contributed by atoms with Crippen LogP contribution in [0.5, 0.6) is 0 Å². The highest BCUT2D eigenvalue weighted by Crippen LogP contribution is 2.18. The van der Waals surface area contributed by atoms with Gasteiger partial charge in [0.05, 0.1) is 17.9 Å². The quantitative estimate of drug-likeness (QED) is 0.881. The number of halogens is 1. The Morgan fingerprint density at radius 3 is 2.69 bits per heavy atom. The predicted molar refractivity (Wildman–Crippen MR) is 64.7 cm³/mol. The SMILES string of the molecule is Cc1[nH]n(-c2ccccc2Br)c(=O)c1CO. The molecule has 5 heteroatoms. The van der Waals surface area contributed by atoms with E-state index < -0.39 is 0 Å². The van der Waals surface area contributed by atoms with Crippen LogP contribution >= 0.6 is 15.9 Å². The predicted octanol–water partition coefficient (Wildman–Crippen LogP) is 1.73. The summed E-state index contributed by atoms with van der Waals surface area (Å²) in [6, 6.07) is 7.40. The van der Waals surface area contributed by atoms with Gasteiger partial charge in [-0.2, -0.15) is 0 Å². The van der Waals surface area contributed by atoms with Gasteiger partial charge < -0.3 is 5.11 Å². The van der Waals surface area contributed by atoms with E-state index in [1.807, 2.05) is 24.3 Å². The lowest BCUT2D eigenvalue weighted by Gasteiger charge is -2.03. The monoisotopic (exact) mass is 282 g/mol. The number of nitrogens with zero attached hydrogens (tertiary/aromatic N) is 1. The maximum Gasteiger partial charge on any atom is 0.277 e. The number of benzene rings is 1. The van der Waals surface area contributed by atoms with E-state index in [4.69, 9.17) is 5.11 Å². The molecule has 0 aliphatic heterocycles. The fourth-order valence-electron chi connectivity index (χ4n) is 1.57. The van der Waals surface area contributed by atoms with E-state index in [9.17, 15) is 4.79 Å². The molecule has 0 aliphatic rings. The standard InChI is InChI=1S/C11H11BrN2O2/c1-7-8(6-15)11(16)14(13-7)10-5-3-2-4-9(10)12/h2-5,13,15H,6H2,1H3. The van der Waals surface area contributed by atoms with Gasteiger partial charge >= 0.3 is 0 Å². The molecule has 0 fully saturated rings. The van der Waals surface area contributed by atoms with Gasteiger partial charge in [-0.25, -0.2) is 4.68 Å². The number of rotatable bonds is 2. The molecule has 2 N–H and O–H groups in total. The molecule has 2 aromatic rings. The first kappa shape index (κ1) is 11.2. The Hall–Kier alpha value is -1.33. The van der Waals surface area contributed by atoms with Crippen molar-refractivity contribution < 1.29 is 5.11 Å². The van der Waals surface area contributed by atoms with Crippen LogP contribution in [0.3, 0.4) is 0 Å². The Bertz CT molecular complexity index is 572. The van der Waals surface area contributed by atoms with E-state index in [1.54, 1.807) is 6.92 Å². The maximum absolute atomic E-state index is 11.9. The van der Waals surface area contributed by atoms with Crippen molar-refractivity contribution >= 4 is 15.9 Å². The number of aryl methyl sites for hydroxylation is 1. The summed E-state index contributed by atoms with van der Waals surface area (Å²) in [5.74, 6) is 0. The van der Waals surface area contributed by atoms with E-state index in [-0.39, 0.29) is 12.2 Å². The fourth-order valence-corrected chi connectivity index (χ4v) is 2.03. The van der Waals surface area contributed by atoms with Crippen molar-refractivity contribution in [2.45, 2.75) is 13.5 Å². The molecular formula is C11H11BrN2O2. The Morgan fingerprint density at radius 1 is 1.44 bits per heavy atom. The van der Waals surface area contributed by atoms with Crippen molar-refractivity contribution in [1.82, 2.24) is 9.78 Å². The van der Waals surface area contributed by atoms with E-state index in [1.165, 1.54) is 4.68 Å². The molecule has 0 aliphatic carbocycles. The Morgan fingerprint density at radius 2 is 2.12 bits per heavy atom. The number of H-pyrrole nitrogens is 1. The topological polar surface area (TPSA) is 58.0 Å². The Kier molecular flexibility index (Phi) is 2.98.